The van der Waals surface area contributed by atoms with Crippen molar-refractivity contribution in [1.82, 2.24) is 5.32 Å². The molecule has 0 saturated heterocycles. The summed E-state index contributed by atoms with van der Waals surface area (Å²) in [4.78, 5) is 23.6. The Bertz CT molecular complexity index is 495. The van der Waals surface area contributed by atoms with Crippen LogP contribution < -0.4 is 16.4 Å². The van der Waals surface area contributed by atoms with Gasteiger partial charge in [0.2, 0.25) is 5.91 Å². The maximum absolute atomic E-state index is 11.9. The standard InChI is InChI=1S/C16H23N3O2/c1-4-9-18-15(20)12-5-7-13(8-6-12)19-16(21)14(17)10-11(2)3/h4-8,11,14H,1,9-10,17H2,2-3H3,(H,18,20)(H,19,21)/t14-/m1/s1. The topological polar surface area (TPSA) is 84.2 Å². The Kier molecular flexibility index (Phi) is 6.62. The van der Waals surface area contributed by atoms with Crippen molar-refractivity contribution in [2.75, 3.05) is 11.9 Å². The lowest BCUT2D eigenvalue weighted by molar-refractivity contribution is -0.117. The Labute approximate surface area is 125 Å². The fourth-order valence-electron chi connectivity index (χ4n) is 1.82. The number of benzene rings is 1. The van der Waals surface area contributed by atoms with E-state index >= 15 is 0 Å². The lowest BCUT2D eigenvalue weighted by Crippen LogP contribution is -2.36. The summed E-state index contributed by atoms with van der Waals surface area (Å²) in [7, 11) is 0. The van der Waals surface area contributed by atoms with Crippen LogP contribution in [0, 0.1) is 5.92 Å². The second-order valence-corrected chi connectivity index (χ2v) is 5.30. The van der Waals surface area contributed by atoms with Gasteiger partial charge in [0.05, 0.1) is 6.04 Å². The first kappa shape index (κ1) is 16.9. The molecular formula is C16H23N3O2. The highest BCUT2D eigenvalue weighted by molar-refractivity contribution is 5.97. The lowest BCUT2D eigenvalue weighted by Gasteiger charge is -2.14. The Hall–Kier alpha value is -2.14. The van der Waals surface area contributed by atoms with Crippen molar-refractivity contribution < 1.29 is 9.59 Å². The van der Waals surface area contributed by atoms with Crippen LogP contribution in [0.3, 0.4) is 0 Å². The molecule has 0 bridgehead atoms. The number of rotatable bonds is 7. The fourth-order valence-corrected chi connectivity index (χ4v) is 1.82. The predicted octanol–water partition coefficient (Wildman–Crippen LogP) is 1.91. The highest BCUT2D eigenvalue weighted by Gasteiger charge is 2.15. The summed E-state index contributed by atoms with van der Waals surface area (Å²) < 4.78 is 0. The van der Waals surface area contributed by atoms with Gasteiger partial charge in [-0.25, -0.2) is 0 Å². The van der Waals surface area contributed by atoms with Crippen LogP contribution >= 0.6 is 0 Å². The van der Waals surface area contributed by atoms with Gasteiger partial charge in [0.15, 0.2) is 0 Å². The number of nitrogens with one attached hydrogen (secondary N) is 2. The van der Waals surface area contributed by atoms with Crippen molar-refractivity contribution in [3.63, 3.8) is 0 Å². The monoisotopic (exact) mass is 289 g/mol. The third kappa shape index (κ3) is 5.79. The van der Waals surface area contributed by atoms with E-state index < -0.39 is 6.04 Å². The van der Waals surface area contributed by atoms with Crippen molar-refractivity contribution in [2.45, 2.75) is 26.3 Å². The number of carbonyl (C=O) groups excluding carboxylic acids is 2. The molecule has 21 heavy (non-hydrogen) atoms. The number of amides is 2. The van der Waals surface area contributed by atoms with Crippen molar-refractivity contribution in [3.8, 4) is 0 Å². The van der Waals surface area contributed by atoms with Gasteiger partial charge >= 0.3 is 0 Å². The van der Waals surface area contributed by atoms with Crippen LogP contribution in [0.15, 0.2) is 36.9 Å². The SMILES string of the molecule is C=CCNC(=O)c1ccc(NC(=O)[C@H](N)CC(C)C)cc1. The molecule has 2 amide bonds. The van der Waals surface area contributed by atoms with Crippen LogP contribution in [0.4, 0.5) is 5.69 Å². The van der Waals surface area contributed by atoms with Gasteiger partial charge in [0.25, 0.3) is 5.91 Å². The van der Waals surface area contributed by atoms with Gasteiger partial charge in [0.1, 0.15) is 0 Å². The normalized spacial score (nSPS) is 11.8. The number of carbonyl (C=O) groups is 2. The zero-order chi connectivity index (χ0) is 15.8. The van der Waals surface area contributed by atoms with Gasteiger partial charge < -0.3 is 16.4 Å². The Balaban J connectivity index is 2.60. The third-order valence-electron chi connectivity index (χ3n) is 2.88. The van der Waals surface area contributed by atoms with Gasteiger partial charge in [0, 0.05) is 17.8 Å². The van der Waals surface area contributed by atoms with Gasteiger partial charge in [-0.15, -0.1) is 6.58 Å². The molecule has 1 rings (SSSR count). The summed E-state index contributed by atoms with van der Waals surface area (Å²) in [5.41, 5.74) is 6.97. The molecule has 0 aliphatic rings. The number of hydrogen-bond acceptors (Lipinski definition) is 3. The number of nitrogens with two attached hydrogens (primary N) is 1. The Morgan fingerprint density at radius 3 is 2.43 bits per heavy atom. The molecule has 0 saturated carbocycles. The lowest BCUT2D eigenvalue weighted by atomic mass is 10.0. The summed E-state index contributed by atoms with van der Waals surface area (Å²) >= 11 is 0. The molecule has 5 nitrogen and oxygen atoms in total. The van der Waals surface area contributed by atoms with Crippen LogP contribution in [0.2, 0.25) is 0 Å². The maximum atomic E-state index is 11.9. The van der Waals surface area contributed by atoms with E-state index in [0.29, 0.717) is 30.1 Å². The van der Waals surface area contributed by atoms with E-state index in [0.717, 1.165) is 0 Å². The highest BCUT2D eigenvalue weighted by Crippen LogP contribution is 2.11. The van der Waals surface area contributed by atoms with Gasteiger partial charge in [-0.3, -0.25) is 9.59 Å². The van der Waals surface area contributed by atoms with E-state index in [4.69, 9.17) is 5.73 Å². The first-order valence-electron chi connectivity index (χ1n) is 6.99. The molecule has 0 aliphatic carbocycles. The summed E-state index contributed by atoms with van der Waals surface area (Å²) in [6.45, 7) is 7.99. The van der Waals surface area contributed by atoms with Crippen molar-refractivity contribution in [3.05, 3.63) is 42.5 Å². The van der Waals surface area contributed by atoms with E-state index in [1.54, 1.807) is 30.3 Å². The van der Waals surface area contributed by atoms with Crippen molar-refractivity contribution in [2.24, 2.45) is 11.7 Å². The summed E-state index contributed by atoms with van der Waals surface area (Å²) in [5, 5.41) is 5.43. The maximum Gasteiger partial charge on any atom is 0.251 e. The van der Waals surface area contributed by atoms with E-state index in [1.165, 1.54) is 0 Å². The van der Waals surface area contributed by atoms with Crippen molar-refractivity contribution in [1.29, 1.82) is 0 Å². The third-order valence-corrected chi connectivity index (χ3v) is 2.88. The Morgan fingerprint density at radius 1 is 1.29 bits per heavy atom. The minimum absolute atomic E-state index is 0.177. The molecular weight excluding hydrogens is 266 g/mol. The molecule has 1 aromatic rings. The highest BCUT2D eigenvalue weighted by atomic mass is 16.2. The number of anilines is 1. The Morgan fingerprint density at radius 2 is 1.90 bits per heavy atom. The minimum atomic E-state index is -0.527. The quantitative estimate of drug-likeness (QED) is 0.670. The molecule has 0 aliphatic heterocycles. The smallest absolute Gasteiger partial charge is 0.251 e. The summed E-state index contributed by atoms with van der Waals surface area (Å²) in [6.07, 6.45) is 2.25. The average molecular weight is 289 g/mol. The van der Waals surface area contributed by atoms with Gasteiger partial charge in [-0.05, 0) is 36.6 Å². The molecule has 1 atom stereocenters. The second-order valence-electron chi connectivity index (χ2n) is 5.30. The summed E-state index contributed by atoms with van der Waals surface area (Å²) in [5.74, 6) is -0.0291. The molecule has 0 heterocycles. The minimum Gasteiger partial charge on any atom is -0.349 e. The van der Waals surface area contributed by atoms with Gasteiger partial charge in [-0.1, -0.05) is 19.9 Å². The van der Waals surface area contributed by atoms with E-state index in [2.05, 4.69) is 17.2 Å². The summed E-state index contributed by atoms with van der Waals surface area (Å²) in [6, 6.07) is 6.15. The molecule has 5 heteroatoms. The van der Waals surface area contributed by atoms with Crippen molar-refractivity contribution >= 4 is 17.5 Å². The van der Waals surface area contributed by atoms with Gasteiger partial charge in [-0.2, -0.15) is 0 Å². The van der Waals surface area contributed by atoms with Crippen LogP contribution in [0.25, 0.3) is 0 Å². The van der Waals surface area contributed by atoms with E-state index in [-0.39, 0.29) is 11.8 Å². The van der Waals surface area contributed by atoms with Crippen LogP contribution in [0.5, 0.6) is 0 Å². The predicted molar refractivity (Wildman–Crippen MR) is 85.0 cm³/mol. The molecule has 0 unspecified atom stereocenters. The molecule has 0 radical (unpaired) electrons. The van der Waals surface area contributed by atoms with Crippen LogP contribution in [-0.4, -0.2) is 24.4 Å². The zero-order valence-corrected chi connectivity index (χ0v) is 12.6. The van der Waals surface area contributed by atoms with Crippen LogP contribution in [-0.2, 0) is 4.79 Å². The molecule has 0 aromatic heterocycles. The van der Waals surface area contributed by atoms with E-state index in [1.807, 2.05) is 13.8 Å². The zero-order valence-electron chi connectivity index (χ0n) is 12.6. The fraction of sp³-hybridized carbons (Fsp3) is 0.375. The van der Waals surface area contributed by atoms with E-state index in [9.17, 15) is 9.59 Å². The first-order valence-corrected chi connectivity index (χ1v) is 6.99. The van der Waals surface area contributed by atoms with Crippen LogP contribution in [0.1, 0.15) is 30.6 Å². The first-order chi connectivity index (χ1) is 9.93. The number of hydrogen-bond donors (Lipinski definition) is 3. The molecule has 0 spiro atoms. The second kappa shape index (κ2) is 8.21. The largest absolute Gasteiger partial charge is 0.349 e. The molecule has 1 aromatic carbocycles. The average Bonchev–Trinajstić information content (AvgIpc) is 2.44. The molecule has 114 valence electrons. The molecule has 4 N–H and O–H groups in total. The molecule has 0 fully saturated rings.